The zero-order valence-corrected chi connectivity index (χ0v) is 19.6. The minimum Gasteiger partial charge on any atom is -0.487 e. The SMILES string of the molecule is CCOP(=O)(O)CCOC1COc2ccccc2OCCOCCOc2ccccc2OC1. The van der Waals surface area contributed by atoms with Crippen LogP contribution in [-0.2, 0) is 18.6 Å². The molecule has 0 fully saturated rings. The van der Waals surface area contributed by atoms with Crippen LogP contribution in [0.1, 0.15) is 6.92 Å². The molecule has 2 aromatic carbocycles. The lowest BCUT2D eigenvalue weighted by Crippen LogP contribution is -2.30. The highest BCUT2D eigenvalue weighted by atomic mass is 31.2. The molecule has 0 aliphatic carbocycles. The first-order valence-corrected chi connectivity index (χ1v) is 12.7. The first-order valence-electron chi connectivity index (χ1n) is 10.9. The summed E-state index contributed by atoms with van der Waals surface area (Å²) in [5, 5.41) is 0. The molecule has 1 heterocycles. The lowest BCUT2D eigenvalue weighted by Gasteiger charge is -2.22. The molecule has 2 aromatic rings. The van der Waals surface area contributed by atoms with Crippen LogP contribution in [0.15, 0.2) is 48.5 Å². The third-order valence-electron chi connectivity index (χ3n) is 4.58. The van der Waals surface area contributed by atoms with Gasteiger partial charge in [-0.15, -0.1) is 0 Å². The van der Waals surface area contributed by atoms with E-state index in [0.29, 0.717) is 49.4 Å². The Labute approximate surface area is 194 Å². The van der Waals surface area contributed by atoms with Crippen LogP contribution in [0.2, 0.25) is 0 Å². The van der Waals surface area contributed by atoms with E-state index in [1.807, 2.05) is 36.4 Å². The first kappa shape index (κ1) is 25.3. The number of benzene rings is 2. The van der Waals surface area contributed by atoms with Crippen LogP contribution in [0.25, 0.3) is 0 Å². The van der Waals surface area contributed by atoms with E-state index in [4.69, 9.17) is 32.9 Å². The van der Waals surface area contributed by atoms with Gasteiger partial charge >= 0.3 is 7.60 Å². The number of hydrogen-bond donors (Lipinski definition) is 1. The molecule has 1 aliphatic rings. The maximum absolute atomic E-state index is 12.0. The minimum absolute atomic E-state index is 0.0127. The van der Waals surface area contributed by atoms with Gasteiger partial charge in [0.1, 0.15) is 32.5 Å². The molecule has 1 N–H and O–H groups in total. The number of para-hydroxylation sites is 4. The molecule has 0 saturated heterocycles. The highest BCUT2D eigenvalue weighted by Gasteiger charge is 2.21. The Balaban J connectivity index is 1.71. The number of fused-ring (bicyclic) bond motifs is 2. The molecule has 10 heteroatoms. The number of rotatable bonds is 6. The molecule has 0 radical (unpaired) electrons. The lowest BCUT2D eigenvalue weighted by atomic mass is 10.3. The van der Waals surface area contributed by atoms with Gasteiger partial charge in [-0.2, -0.15) is 0 Å². The molecule has 0 spiro atoms. The summed E-state index contributed by atoms with van der Waals surface area (Å²) >= 11 is 0. The van der Waals surface area contributed by atoms with Gasteiger partial charge in [-0.25, -0.2) is 0 Å². The molecule has 1 atom stereocenters. The van der Waals surface area contributed by atoms with E-state index in [1.54, 1.807) is 19.1 Å². The van der Waals surface area contributed by atoms with E-state index in [0.717, 1.165) is 0 Å². The molecule has 0 amide bonds. The average molecular weight is 482 g/mol. The van der Waals surface area contributed by atoms with E-state index < -0.39 is 13.7 Å². The van der Waals surface area contributed by atoms with Crippen LogP contribution in [0.4, 0.5) is 0 Å². The van der Waals surface area contributed by atoms with Crippen LogP contribution in [0.3, 0.4) is 0 Å². The summed E-state index contributed by atoms with van der Waals surface area (Å²) in [4.78, 5) is 9.81. The molecule has 33 heavy (non-hydrogen) atoms. The fourth-order valence-corrected chi connectivity index (χ4v) is 3.88. The van der Waals surface area contributed by atoms with E-state index in [-0.39, 0.29) is 32.6 Å². The predicted octanol–water partition coefficient (Wildman–Crippen LogP) is 3.54. The second-order valence-electron chi connectivity index (χ2n) is 7.10. The van der Waals surface area contributed by atoms with Gasteiger partial charge < -0.3 is 37.8 Å². The van der Waals surface area contributed by atoms with E-state index >= 15 is 0 Å². The van der Waals surface area contributed by atoms with Gasteiger partial charge in [0.2, 0.25) is 0 Å². The van der Waals surface area contributed by atoms with Gasteiger partial charge in [0.05, 0.1) is 32.6 Å². The maximum Gasteiger partial charge on any atom is 0.330 e. The van der Waals surface area contributed by atoms with Crippen molar-refractivity contribution in [3.8, 4) is 23.0 Å². The monoisotopic (exact) mass is 482 g/mol. The van der Waals surface area contributed by atoms with Gasteiger partial charge in [-0.1, -0.05) is 24.3 Å². The van der Waals surface area contributed by atoms with E-state index in [1.165, 1.54) is 0 Å². The second-order valence-corrected chi connectivity index (χ2v) is 9.08. The largest absolute Gasteiger partial charge is 0.487 e. The Morgan fingerprint density at radius 2 is 1.33 bits per heavy atom. The van der Waals surface area contributed by atoms with Crippen molar-refractivity contribution >= 4 is 7.60 Å². The van der Waals surface area contributed by atoms with Gasteiger partial charge in [0.15, 0.2) is 23.0 Å². The summed E-state index contributed by atoms with van der Waals surface area (Å²) in [6, 6.07) is 14.6. The second kappa shape index (κ2) is 13.4. The summed E-state index contributed by atoms with van der Waals surface area (Å²) in [6.07, 6.45) is -0.652. The molecular weight excluding hydrogens is 451 g/mol. The van der Waals surface area contributed by atoms with Crippen molar-refractivity contribution in [3.63, 3.8) is 0 Å². The smallest absolute Gasteiger partial charge is 0.330 e. The zero-order chi connectivity index (χ0) is 23.4. The fraction of sp³-hybridized carbons (Fsp3) is 0.478. The van der Waals surface area contributed by atoms with E-state index in [2.05, 4.69) is 0 Å². The predicted molar refractivity (Wildman–Crippen MR) is 122 cm³/mol. The zero-order valence-electron chi connectivity index (χ0n) is 18.7. The highest BCUT2D eigenvalue weighted by Crippen LogP contribution is 2.41. The van der Waals surface area contributed by atoms with Gasteiger partial charge in [0, 0.05) is 0 Å². The van der Waals surface area contributed by atoms with Crippen molar-refractivity contribution in [2.45, 2.75) is 13.0 Å². The highest BCUT2D eigenvalue weighted by molar-refractivity contribution is 7.52. The van der Waals surface area contributed by atoms with Crippen molar-refractivity contribution in [1.82, 2.24) is 0 Å². The molecule has 0 bridgehead atoms. The van der Waals surface area contributed by atoms with Crippen molar-refractivity contribution in [3.05, 3.63) is 48.5 Å². The summed E-state index contributed by atoms with van der Waals surface area (Å²) < 4.78 is 51.7. The van der Waals surface area contributed by atoms with Crippen molar-refractivity contribution < 1.29 is 42.4 Å². The molecule has 1 aliphatic heterocycles. The van der Waals surface area contributed by atoms with Crippen LogP contribution < -0.4 is 18.9 Å². The quantitative estimate of drug-likeness (QED) is 0.620. The Kier molecular flexibility index (Phi) is 10.3. The van der Waals surface area contributed by atoms with Crippen LogP contribution in [0.5, 0.6) is 23.0 Å². The van der Waals surface area contributed by atoms with Crippen LogP contribution in [-0.4, -0.2) is 70.0 Å². The first-order chi connectivity index (χ1) is 16.1. The molecule has 3 rings (SSSR count). The normalized spacial score (nSPS) is 17.8. The fourth-order valence-electron chi connectivity index (χ4n) is 3.01. The number of hydrogen-bond acceptors (Lipinski definition) is 8. The third kappa shape index (κ3) is 8.87. The van der Waals surface area contributed by atoms with E-state index in [9.17, 15) is 9.46 Å². The molecule has 0 aromatic heterocycles. The van der Waals surface area contributed by atoms with Gasteiger partial charge in [-0.05, 0) is 31.2 Å². The van der Waals surface area contributed by atoms with Gasteiger partial charge in [0.25, 0.3) is 0 Å². The number of ether oxygens (including phenoxy) is 6. The molecular formula is C23H31O9P. The molecule has 9 nitrogen and oxygen atoms in total. The Hall–Kier alpha value is -2.29. The van der Waals surface area contributed by atoms with Crippen molar-refractivity contribution in [2.75, 3.05) is 59.0 Å². The summed E-state index contributed by atoms with van der Waals surface area (Å²) in [7, 11) is -3.69. The third-order valence-corrected chi connectivity index (χ3v) is 5.99. The van der Waals surface area contributed by atoms with Gasteiger partial charge in [-0.3, -0.25) is 4.57 Å². The molecule has 182 valence electrons. The lowest BCUT2D eigenvalue weighted by molar-refractivity contribution is -0.00359. The standard InChI is InChI=1S/C23H31O9P/c1-2-32-33(24,25)16-15-27-19-17-30-22-9-5-3-7-20(22)28-13-11-26-12-14-29-21-8-4-6-10-23(21)31-18-19/h3-10,19H,2,11-18H2,1H3,(H,24,25). The Bertz CT molecular complexity index is 836. The topological polar surface area (TPSA) is 102 Å². The summed E-state index contributed by atoms with van der Waals surface area (Å²) in [6.45, 7) is 3.66. The molecule has 1 unspecified atom stereocenters. The summed E-state index contributed by atoms with van der Waals surface area (Å²) in [5.41, 5.74) is 0. The Morgan fingerprint density at radius 1 is 0.848 bits per heavy atom. The maximum atomic E-state index is 12.0. The minimum atomic E-state index is -3.69. The van der Waals surface area contributed by atoms with Crippen molar-refractivity contribution in [2.24, 2.45) is 0 Å². The van der Waals surface area contributed by atoms with Crippen molar-refractivity contribution in [1.29, 1.82) is 0 Å². The molecule has 0 saturated carbocycles. The average Bonchev–Trinajstić information content (AvgIpc) is 2.80. The summed E-state index contributed by atoms with van der Waals surface area (Å²) in [5.74, 6) is 2.30. The van der Waals surface area contributed by atoms with Crippen LogP contribution >= 0.6 is 7.60 Å². The Morgan fingerprint density at radius 3 is 1.82 bits per heavy atom. The van der Waals surface area contributed by atoms with Crippen LogP contribution in [0, 0.1) is 0 Å².